The van der Waals surface area contributed by atoms with E-state index in [0.717, 1.165) is 10.5 Å². The lowest BCUT2D eigenvalue weighted by atomic mass is 10.2. The minimum Gasteiger partial charge on any atom is -0.321 e. The molecular weight excluding hydrogens is 356 g/mol. The van der Waals surface area contributed by atoms with Gasteiger partial charge >= 0.3 is 0 Å². The van der Waals surface area contributed by atoms with Crippen LogP contribution < -0.4 is 5.32 Å². The smallest absolute Gasteiger partial charge is 0.255 e. The molecule has 0 unspecified atom stereocenters. The highest BCUT2D eigenvalue weighted by Crippen LogP contribution is 2.26. The van der Waals surface area contributed by atoms with Crippen molar-refractivity contribution in [2.24, 2.45) is 0 Å². The van der Waals surface area contributed by atoms with Gasteiger partial charge in [0, 0.05) is 10.0 Å². The van der Waals surface area contributed by atoms with Gasteiger partial charge in [0.25, 0.3) is 5.91 Å². The van der Waals surface area contributed by atoms with Crippen LogP contribution in [0.2, 0.25) is 10.0 Å². The zero-order chi connectivity index (χ0) is 14.0. The van der Waals surface area contributed by atoms with Crippen molar-refractivity contribution < 1.29 is 9.18 Å². The Bertz CT molecular complexity index is 649. The molecule has 0 saturated carbocycles. The van der Waals surface area contributed by atoms with Crippen LogP contribution in [0.5, 0.6) is 0 Å². The van der Waals surface area contributed by atoms with Crippen LogP contribution in [-0.2, 0) is 0 Å². The number of hydrogen-bond acceptors (Lipinski definition) is 1. The predicted molar refractivity (Wildman–Crippen MR) is 78.5 cm³/mol. The van der Waals surface area contributed by atoms with E-state index in [2.05, 4.69) is 21.2 Å². The molecule has 0 spiro atoms. The maximum atomic E-state index is 13.0. The second-order valence-corrected chi connectivity index (χ2v) is 5.44. The van der Waals surface area contributed by atoms with Crippen LogP contribution in [0.25, 0.3) is 0 Å². The Morgan fingerprint density at radius 2 is 1.84 bits per heavy atom. The number of carbonyl (C=O) groups excluding carboxylic acids is 1. The van der Waals surface area contributed by atoms with Crippen molar-refractivity contribution in [1.82, 2.24) is 0 Å². The number of rotatable bonds is 2. The predicted octanol–water partition coefficient (Wildman–Crippen LogP) is 5.15. The minimum atomic E-state index is -0.571. The molecule has 0 fully saturated rings. The lowest BCUT2D eigenvalue weighted by molar-refractivity contribution is 0.102. The summed E-state index contributed by atoms with van der Waals surface area (Å²) < 4.78 is 13.8. The van der Waals surface area contributed by atoms with Crippen molar-refractivity contribution in [3.8, 4) is 0 Å². The molecule has 0 bridgehead atoms. The Labute approximate surface area is 127 Å². The van der Waals surface area contributed by atoms with E-state index in [1.54, 1.807) is 18.2 Å². The lowest BCUT2D eigenvalue weighted by Gasteiger charge is -2.08. The van der Waals surface area contributed by atoms with Crippen LogP contribution in [0.15, 0.2) is 40.9 Å². The van der Waals surface area contributed by atoms with Gasteiger partial charge in [-0.1, -0.05) is 39.1 Å². The van der Waals surface area contributed by atoms with Gasteiger partial charge in [-0.25, -0.2) is 4.39 Å². The van der Waals surface area contributed by atoms with E-state index in [1.165, 1.54) is 12.1 Å². The summed E-state index contributed by atoms with van der Waals surface area (Å²) in [6.07, 6.45) is 0. The Kier molecular flexibility index (Phi) is 4.45. The minimum absolute atomic E-state index is 0.104. The van der Waals surface area contributed by atoms with Gasteiger partial charge in [0.2, 0.25) is 0 Å². The van der Waals surface area contributed by atoms with Crippen molar-refractivity contribution in [3.05, 3.63) is 62.3 Å². The fourth-order valence-electron chi connectivity index (χ4n) is 1.43. The summed E-state index contributed by atoms with van der Waals surface area (Å²) in [5, 5.41) is 2.94. The molecule has 2 aromatic carbocycles. The van der Waals surface area contributed by atoms with Gasteiger partial charge in [-0.2, -0.15) is 0 Å². The van der Waals surface area contributed by atoms with E-state index in [4.69, 9.17) is 23.2 Å². The van der Waals surface area contributed by atoms with Crippen LogP contribution in [0, 0.1) is 5.82 Å². The summed E-state index contributed by atoms with van der Waals surface area (Å²) in [4.78, 5) is 12.0. The molecule has 0 aliphatic heterocycles. The molecule has 0 aliphatic carbocycles. The largest absolute Gasteiger partial charge is 0.321 e. The fraction of sp³-hybridized carbons (Fsp3) is 0. The summed E-state index contributed by atoms with van der Waals surface area (Å²) in [6.45, 7) is 0. The molecule has 2 rings (SSSR count). The number of anilines is 1. The van der Waals surface area contributed by atoms with Crippen molar-refractivity contribution in [1.29, 1.82) is 0 Å². The first-order valence-electron chi connectivity index (χ1n) is 5.19. The Balaban J connectivity index is 2.25. The SMILES string of the molecule is O=C(Nc1cc(Br)ccc1Cl)c1ccc(F)c(Cl)c1. The molecule has 0 aromatic heterocycles. The van der Waals surface area contributed by atoms with Crippen LogP contribution in [0.1, 0.15) is 10.4 Å². The van der Waals surface area contributed by atoms with Gasteiger partial charge in [0.05, 0.1) is 15.7 Å². The van der Waals surface area contributed by atoms with E-state index in [0.29, 0.717) is 10.7 Å². The standard InChI is InChI=1S/C13H7BrCl2FNO/c14-8-2-3-9(15)12(6-8)18-13(19)7-1-4-11(17)10(16)5-7/h1-6H,(H,18,19). The van der Waals surface area contributed by atoms with Gasteiger partial charge in [-0.05, 0) is 36.4 Å². The average Bonchev–Trinajstić information content (AvgIpc) is 2.37. The Morgan fingerprint density at radius 3 is 2.53 bits per heavy atom. The third-order valence-electron chi connectivity index (χ3n) is 2.36. The molecule has 19 heavy (non-hydrogen) atoms. The van der Waals surface area contributed by atoms with Crippen molar-refractivity contribution in [2.45, 2.75) is 0 Å². The van der Waals surface area contributed by atoms with Gasteiger partial charge in [0.1, 0.15) is 5.82 Å². The first kappa shape index (κ1) is 14.3. The monoisotopic (exact) mass is 361 g/mol. The number of benzene rings is 2. The molecule has 0 radical (unpaired) electrons. The summed E-state index contributed by atoms with van der Waals surface area (Å²) in [5.41, 5.74) is 0.712. The number of halogens is 4. The highest BCUT2D eigenvalue weighted by atomic mass is 79.9. The summed E-state index contributed by atoms with van der Waals surface area (Å²) in [5.74, 6) is -0.986. The molecule has 0 aliphatic rings. The third-order valence-corrected chi connectivity index (χ3v) is 3.47. The number of nitrogens with one attached hydrogen (secondary N) is 1. The molecule has 2 aromatic rings. The first-order chi connectivity index (χ1) is 8.97. The summed E-state index contributed by atoms with van der Waals surface area (Å²) in [6, 6.07) is 8.83. The fourth-order valence-corrected chi connectivity index (χ4v) is 2.13. The van der Waals surface area contributed by atoms with E-state index in [-0.39, 0.29) is 10.6 Å². The van der Waals surface area contributed by atoms with Crippen LogP contribution in [0.3, 0.4) is 0 Å². The first-order valence-corrected chi connectivity index (χ1v) is 6.74. The zero-order valence-corrected chi connectivity index (χ0v) is 12.5. The number of amides is 1. The zero-order valence-electron chi connectivity index (χ0n) is 9.38. The average molecular weight is 363 g/mol. The topological polar surface area (TPSA) is 29.1 Å². The molecule has 2 nitrogen and oxygen atoms in total. The molecule has 0 atom stereocenters. The Morgan fingerprint density at radius 1 is 1.11 bits per heavy atom. The van der Waals surface area contributed by atoms with E-state index < -0.39 is 11.7 Å². The molecule has 0 heterocycles. The van der Waals surface area contributed by atoms with Crippen LogP contribution in [0.4, 0.5) is 10.1 Å². The molecule has 98 valence electrons. The van der Waals surface area contributed by atoms with Crippen LogP contribution in [-0.4, -0.2) is 5.91 Å². The summed E-state index contributed by atoms with van der Waals surface area (Å²) in [7, 11) is 0. The normalized spacial score (nSPS) is 10.3. The van der Waals surface area contributed by atoms with Crippen molar-refractivity contribution in [3.63, 3.8) is 0 Å². The van der Waals surface area contributed by atoms with Gasteiger partial charge in [-0.3, -0.25) is 4.79 Å². The maximum Gasteiger partial charge on any atom is 0.255 e. The van der Waals surface area contributed by atoms with E-state index in [9.17, 15) is 9.18 Å². The van der Waals surface area contributed by atoms with Gasteiger partial charge < -0.3 is 5.32 Å². The Hall–Kier alpha value is -1.10. The molecule has 6 heteroatoms. The van der Waals surface area contributed by atoms with Gasteiger partial charge in [-0.15, -0.1) is 0 Å². The number of carbonyl (C=O) groups is 1. The highest BCUT2D eigenvalue weighted by molar-refractivity contribution is 9.10. The lowest BCUT2D eigenvalue weighted by Crippen LogP contribution is -2.12. The van der Waals surface area contributed by atoms with Gasteiger partial charge in [0.15, 0.2) is 0 Å². The second-order valence-electron chi connectivity index (χ2n) is 3.71. The highest BCUT2D eigenvalue weighted by Gasteiger charge is 2.11. The van der Waals surface area contributed by atoms with Crippen LogP contribution >= 0.6 is 39.1 Å². The van der Waals surface area contributed by atoms with Crippen molar-refractivity contribution in [2.75, 3.05) is 5.32 Å². The molecule has 0 saturated heterocycles. The molecule has 1 amide bonds. The number of hydrogen-bond donors (Lipinski definition) is 1. The van der Waals surface area contributed by atoms with E-state index in [1.807, 2.05) is 0 Å². The third kappa shape index (κ3) is 3.47. The quantitative estimate of drug-likeness (QED) is 0.786. The van der Waals surface area contributed by atoms with E-state index >= 15 is 0 Å². The second kappa shape index (κ2) is 5.90. The maximum absolute atomic E-state index is 13.0. The summed E-state index contributed by atoms with van der Waals surface area (Å²) >= 11 is 14.9. The molecule has 1 N–H and O–H groups in total. The molecular formula is C13H7BrCl2FNO. The van der Waals surface area contributed by atoms with Crippen molar-refractivity contribution >= 4 is 50.7 Å².